The molecule has 0 saturated heterocycles. The van der Waals surface area contributed by atoms with Crippen LogP contribution in [0.1, 0.15) is 19.9 Å². The summed E-state index contributed by atoms with van der Waals surface area (Å²) in [4.78, 5) is 4.20. The van der Waals surface area contributed by atoms with Gasteiger partial charge in [-0.05, 0) is 32.0 Å². The molecule has 0 aliphatic carbocycles. The van der Waals surface area contributed by atoms with Crippen molar-refractivity contribution in [3.8, 4) is 0 Å². The topological polar surface area (TPSA) is 17.8 Å². The van der Waals surface area contributed by atoms with Crippen molar-refractivity contribution in [2.45, 2.75) is 19.9 Å². The molecule has 0 spiro atoms. The fourth-order valence-electron chi connectivity index (χ4n) is 1.35. The summed E-state index contributed by atoms with van der Waals surface area (Å²) in [6.45, 7) is 4.29. The third kappa shape index (κ3) is 0.998. The lowest BCUT2D eigenvalue weighted by Crippen LogP contribution is -1.98. The van der Waals surface area contributed by atoms with E-state index in [1.807, 2.05) is 12.1 Å². The standard InChI is InChI=1S/C10H11N2/c1-8(2)12-7-5-9-4-3-6-11-10(9)12/h3-5,7-8H,1-2H3. The van der Waals surface area contributed by atoms with Crippen LogP contribution >= 0.6 is 0 Å². The minimum absolute atomic E-state index is 0.464. The number of hydrogen-bond acceptors (Lipinski definition) is 1. The number of fused-ring (bicyclic) bond motifs is 1. The van der Waals surface area contributed by atoms with E-state index in [0.29, 0.717) is 6.04 Å². The highest BCUT2D eigenvalue weighted by molar-refractivity contribution is 5.75. The molecule has 12 heavy (non-hydrogen) atoms. The van der Waals surface area contributed by atoms with Crippen LogP contribution in [0.25, 0.3) is 11.0 Å². The van der Waals surface area contributed by atoms with Crippen molar-refractivity contribution in [2.24, 2.45) is 0 Å². The molecule has 0 aliphatic heterocycles. The molecule has 2 aromatic heterocycles. The van der Waals surface area contributed by atoms with Crippen molar-refractivity contribution in [1.82, 2.24) is 9.55 Å². The summed E-state index contributed by atoms with van der Waals surface area (Å²) in [6, 6.07) is 6.41. The molecule has 0 aliphatic rings. The SMILES string of the molecule is CC(C)n1ccc2cc[c]nc21. The van der Waals surface area contributed by atoms with Gasteiger partial charge in [0.15, 0.2) is 0 Å². The van der Waals surface area contributed by atoms with E-state index >= 15 is 0 Å². The van der Waals surface area contributed by atoms with Gasteiger partial charge in [-0.25, -0.2) is 4.98 Å². The highest BCUT2D eigenvalue weighted by atomic mass is 15.0. The van der Waals surface area contributed by atoms with Crippen molar-refractivity contribution < 1.29 is 0 Å². The zero-order chi connectivity index (χ0) is 8.55. The van der Waals surface area contributed by atoms with E-state index in [1.54, 1.807) is 0 Å². The molecule has 2 heterocycles. The molecule has 0 amide bonds. The van der Waals surface area contributed by atoms with E-state index in [9.17, 15) is 0 Å². The Morgan fingerprint density at radius 2 is 2.25 bits per heavy atom. The van der Waals surface area contributed by atoms with Crippen molar-refractivity contribution in [3.05, 3.63) is 30.6 Å². The van der Waals surface area contributed by atoms with E-state index < -0.39 is 0 Å². The number of nitrogens with zero attached hydrogens (tertiary/aromatic N) is 2. The van der Waals surface area contributed by atoms with E-state index in [0.717, 1.165) is 5.65 Å². The second kappa shape index (κ2) is 2.63. The first kappa shape index (κ1) is 7.35. The number of pyridine rings is 1. The summed E-state index contributed by atoms with van der Waals surface area (Å²) in [5.74, 6) is 0. The summed E-state index contributed by atoms with van der Waals surface area (Å²) in [5, 5.41) is 1.18. The number of hydrogen-bond donors (Lipinski definition) is 0. The largest absolute Gasteiger partial charge is 0.330 e. The van der Waals surface area contributed by atoms with Crippen LogP contribution in [-0.4, -0.2) is 9.55 Å². The van der Waals surface area contributed by atoms with E-state index in [4.69, 9.17) is 0 Å². The normalized spacial score (nSPS) is 11.2. The lowest BCUT2D eigenvalue weighted by Gasteiger charge is -2.07. The zero-order valence-corrected chi connectivity index (χ0v) is 7.28. The molecule has 0 bridgehead atoms. The Morgan fingerprint density at radius 1 is 1.42 bits per heavy atom. The first-order valence-corrected chi connectivity index (χ1v) is 4.12. The molecule has 2 rings (SSSR count). The maximum Gasteiger partial charge on any atom is 0.140 e. The molecule has 2 heteroatoms. The predicted molar refractivity (Wildman–Crippen MR) is 49.0 cm³/mol. The van der Waals surface area contributed by atoms with Gasteiger partial charge in [-0.3, -0.25) is 0 Å². The molecule has 0 fully saturated rings. The van der Waals surface area contributed by atoms with Crippen LogP contribution in [0.3, 0.4) is 0 Å². The first-order chi connectivity index (χ1) is 5.79. The molecule has 0 N–H and O–H groups in total. The molecule has 0 aromatic carbocycles. The fourth-order valence-corrected chi connectivity index (χ4v) is 1.35. The van der Waals surface area contributed by atoms with Gasteiger partial charge in [0.05, 0.1) is 6.20 Å². The molecule has 0 atom stereocenters. The summed E-state index contributed by atoms with van der Waals surface area (Å²) >= 11 is 0. The lowest BCUT2D eigenvalue weighted by molar-refractivity contribution is 0.618. The van der Waals surface area contributed by atoms with Crippen LogP contribution in [0.2, 0.25) is 0 Å². The molecular formula is C10H11N2. The average Bonchev–Trinajstić information content (AvgIpc) is 2.47. The van der Waals surface area contributed by atoms with E-state index in [1.165, 1.54) is 5.39 Å². The third-order valence-corrected chi connectivity index (χ3v) is 1.98. The van der Waals surface area contributed by atoms with Crippen molar-refractivity contribution in [1.29, 1.82) is 0 Å². The van der Waals surface area contributed by atoms with Gasteiger partial charge in [0.1, 0.15) is 5.65 Å². The first-order valence-electron chi connectivity index (χ1n) is 4.12. The zero-order valence-electron chi connectivity index (χ0n) is 7.28. The highest BCUT2D eigenvalue weighted by Gasteiger charge is 2.02. The predicted octanol–water partition coefficient (Wildman–Crippen LogP) is 2.42. The quantitative estimate of drug-likeness (QED) is 0.624. The Hall–Kier alpha value is -1.31. The molecule has 1 radical (unpaired) electrons. The lowest BCUT2D eigenvalue weighted by atomic mass is 10.3. The molecule has 0 unspecified atom stereocenters. The summed E-state index contributed by atoms with van der Waals surface area (Å²) in [7, 11) is 0. The summed E-state index contributed by atoms with van der Waals surface area (Å²) in [5.41, 5.74) is 1.02. The van der Waals surface area contributed by atoms with Crippen LogP contribution < -0.4 is 0 Å². The second-order valence-corrected chi connectivity index (χ2v) is 3.17. The van der Waals surface area contributed by atoms with Crippen LogP contribution in [0.15, 0.2) is 24.4 Å². The Labute approximate surface area is 71.8 Å². The minimum Gasteiger partial charge on any atom is -0.330 e. The maximum absolute atomic E-state index is 4.20. The van der Waals surface area contributed by atoms with E-state index in [2.05, 4.69) is 41.9 Å². The smallest absolute Gasteiger partial charge is 0.140 e. The van der Waals surface area contributed by atoms with Crippen LogP contribution in [-0.2, 0) is 0 Å². The Balaban J connectivity index is 2.70. The van der Waals surface area contributed by atoms with Gasteiger partial charge in [-0.1, -0.05) is 0 Å². The highest BCUT2D eigenvalue weighted by Crippen LogP contribution is 2.16. The van der Waals surface area contributed by atoms with Gasteiger partial charge in [-0.2, -0.15) is 0 Å². The third-order valence-electron chi connectivity index (χ3n) is 1.98. The van der Waals surface area contributed by atoms with Crippen molar-refractivity contribution >= 4 is 11.0 Å². The minimum atomic E-state index is 0.464. The number of aromatic nitrogens is 2. The fraction of sp³-hybridized carbons (Fsp3) is 0.300. The van der Waals surface area contributed by atoms with Crippen LogP contribution in [0.4, 0.5) is 0 Å². The Kier molecular flexibility index (Phi) is 1.61. The van der Waals surface area contributed by atoms with Crippen molar-refractivity contribution in [3.63, 3.8) is 0 Å². The van der Waals surface area contributed by atoms with Crippen molar-refractivity contribution in [2.75, 3.05) is 0 Å². The van der Waals surface area contributed by atoms with E-state index in [-0.39, 0.29) is 0 Å². The molecular weight excluding hydrogens is 148 g/mol. The van der Waals surface area contributed by atoms with Crippen LogP contribution in [0.5, 0.6) is 0 Å². The molecule has 61 valence electrons. The molecule has 0 saturated carbocycles. The maximum atomic E-state index is 4.20. The van der Waals surface area contributed by atoms with Gasteiger partial charge < -0.3 is 4.57 Å². The summed E-state index contributed by atoms with van der Waals surface area (Å²) < 4.78 is 2.14. The Morgan fingerprint density at radius 3 is 3.00 bits per heavy atom. The monoisotopic (exact) mass is 159 g/mol. The molecule has 2 aromatic rings. The Bertz CT molecular complexity index is 387. The van der Waals surface area contributed by atoms with Gasteiger partial charge in [0, 0.05) is 17.6 Å². The van der Waals surface area contributed by atoms with Gasteiger partial charge in [0.2, 0.25) is 0 Å². The van der Waals surface area contributed by atoms with Crippen LogP contribution in [0, 0.1) is 6.20 Å². The molecule has 2 nitrogen and oxygen atoms in total. The van der Waals surface area contributed by atoms with Gasteiger partial charge in [0.25, 0.3) is 0 Å². The number of rotatable bonds is 1. The second-order valence-electron chi connectivity index (χ2n) is 3.17. The average molecular weight is 159 g/mol. The van der Waals surface area contributed by atoms with Gasteiger partial charge in [-0.15, -0.1) is 0 Å². The van der Waals surface area contributed by atoms with Gasteiger partial charge >= 0.3 is 0 Å². The summed E-state index contributed by atoms with van der Waals surface area (Å²) in [6.07, 6.45) is 4.91.